The normalized spacial score (nSPS) is 11.1. The Kier molecular flexibility index (Phi) is 5.93. The summed E-state index contributed by atoms with van der Waals surface area (Å²) in [6.07, 6.45) is 0. The molecule has 0 radical (unpaired) electrons. The van der Waals surface area contributed by atoms with Gasteiger partial charge in [0.15, 0.2) is 0 Å². The quantitative estimate of drug-likeness (QED) is 0.567. The van der Waals surface area contributed by atoms with Crippen LogP contribution in [0.15, 0.2) is 71.6 Å². The Hall–Kier alpha value is -2.54. The molecule has 1 amide bonds. The maximum atomic E-state index is 12.7. The average molecular weight is 435 g/mol. The summed E-state index contributed by atoms with van der Waals surface area (Å²) in [7, 11) is -3.93. The number of rotatable bonds is 5. The lowest BCUT2D eigenvalue weighted by Crippen LogP contribution is -2.17. The van der Waals surface area contributed by atoms with E-state index >= 15 is 0 Å². The minimum atomic E-state index is -3.93. The van der Waals surface area contributed by atoms with Crippen molar-refractivity contribution < 1.29 is 13.2 Å². The predicted octanol–water partition coefficient (Wildman–Crippen LogP) is 5.35. The standard InChI is InChI=1S/C20H16Cl2N2O3S/c1-13-10-11-14(28(26,27)24-19-9-5-3-7-17(19)22)12-15(13)20(25)23-18-8-4-2-6-16(18)21/h2-12,24H,1H3,(H,23,25). The van der Waals surface area contributed by atoms with E-state index in [-0.39, 0.29) is 21.2 Å². The minimum absolute atomic E-state index is 0.0534. The summed E-state index contributed by atoms with van der Waals surface area (Å²) in [4.78, 5) is 12.6. The highest BCUT2D eigenvalue weighted by Crippen LogP contribution is 2.26. The van der Waals surface area contributed by atoms with Gasteiger partial charge in [-0.1, -0.05) is 53.5 Å². The van der Waals surface area contributed by atoms with Crippen molar-refractivity contribution in [1.29, 1.82) is 0 Å². The lowest BCUT2D eigenvalue weighted by Gasteiger charge is -2.13. The SMILES string of the molecule is Cc1ccc(S(=O)(=O)Nc2ccccc2Cl)cc1C(=O)Nc1ccccc1Cl. The van der Waals surface area contributed by atoms with Crippen LogP contribution in [-0.4, -0.2) is 14.3 Å². The molecule has 0 aromatic heterocycles. The Bertz CT molecular complexity index is 1150. The van der Waals surface area contributed by atoms with Crippen molar-refractivity contribution in [2.45, 2.75) is 11.8 Å². The molecule has 0 spiro atoms. The molecule has 28 heavy (non-hydrogen) atoms. The first-order valence-corrected chi connectivity index (χ1v) is 10.5. The first kappa shape index (κ1) is 20.2. The third-order valence-corrected chi connectivity index (χ3v) is 6.03. The Morgan fingerprint density at radius 2 is 1.43 bits per heavy atom. The molecule has 0 aliphatic carbocycles. The van der Waals surface area contributed by atoms with E-state index in [0.29, 0.717) is 16.3 Å². The molecule has 3 aromatic carbocycles. The van der Waals surface area contributed by atoms with Gasteiger partial charge in [-0.05, 0) is 48.9 Å². The predicted molar refractivity (Wildman–Crippen MR) is 113 cm³/mol. The summed E-state index contributed by atoms with van der Waals surface area (Å²) >= 11 is 12.1. The molecule has 0 saturated heterocycles. The van der Waals surface area contributed by atoms with Gasteiger partial charge in [-0.15, -0.1) is 0 Å². The smallest absolute Gasteiger partial charge is 0.261 e. The zero-order valence-corrected chi connectivity index (χ0v) is 17.1. The van der Waals surface area contributed by atoms with Crippen molar-refractivity contribution in [2.24, 2.45) is 0 Å². The van der Waals surface area contributed by atoms with Crippen LogP contribution >= 0.6 is 23.2 Å². The van der Waals surface area contributed by atoms with Gasteiger partial charge in [0.25, 0.3) is 15.9 Å². The van der Waals surface area contributed by atoms with Gasteiger partial charge >= 0.3 is 0 Å². The molecule has 0 fully saturated rings. The number of amides is 1. The van der Waals surface area contributed by atoms with Crippen LogP contribution in [0.25, 0.3) is 0 Å². The second-order valence-corrected chi connectivity index (χ2v) is 8.49. The van der Waals surface area contributed by atoms with Gasteiger partial charge in [-0.25, -0.2) is 8.42 Å². The molecule has 3 aromatic rings. The summed E-state index contributed by atoms with van der Waals surface area (Å²) in [6.45, 7) is 1.72. The Morgan fingerprint density at radius 3 is 2.04 bits per heavy atom. The van der Waals surface area contributed by atoms with Crippen LogP contribution in [0.3, 0.4) is 0 Å². The van der Waals surface area contributed by atoms with E-state index in [1.54, 1.807) is 61.5 Å². The fraction of sp³-hybridized carbons (Fsp3) is 0.0500. The highest BCUT2D eigenvalue weighted by molar-refractivity contribution is 7.92. The van der Waals surface area contributed by atoms with Crippen LogP contribution in [0.1, 0.15) is 15.9 Å². The second-order valence-electron chi connectivity index (χ2n) is 6.00. The molecule has 144 valence electrons. The number of anilines is 2. The average Bonchev–Trinajstić information content (AvgIpc) is 2.65. The largest absolute Gasteiger partial charge is 0.321 e. The van der Waals surface area contributed by atoms with Crippen molar-refractivity contribution in [3.05, 3.63) is 87.9 Å². The van der Waals surface area contributed by atoms with Crippen molar-refractivity contribution in [2.75, 3.05) is 10.0 Å². The molecule has 5 nitrogen and oxygen atoms in total. The number of para-hydroxylation sites is 2. The van der Waals surface area contributed by atoms with Crippen LogP contribution in [0.5, 0.6) is 0 Å². The zero-order chi connectivity index (χ0) is 20.3. The van der Waals surface area contributed by atoms with Gasteiger partial charge < -0.3 is 5.32 Å². The van der Waals surface area contributed by atoms with Gasteiger partial charge in [0.05, 0.1) is 26.3 Å². The lowest BCUT2D eigenvalue weighted by molar-refractivity contribution is 0.102. The Labute approximate surface area is 173 Å². The molecule has 8 heteroatoms. The van der Waals surface area contributed by atoms with E-state index in [0.717, 1.165) is 0 Å². The number of carbonyl (C=O) groups is 1. The van der Waals surface area contributed by atoms with Crippen molar-refractivity contribution in [3.8, 4) is 0 Å². The summed E-state index contributed by atoms with van der Waals surface area (Å²) in [5.74, 6) is -0.458. The summed E-state index contributed by atoms with van der Waals surface area (Å²) in [6, 6.07) is 17.6. The zero-order valence-electron chi connectivity index (χ0n) is 14.7. The van der Waals surface area contributed by atoms with E-state index in [1.165, 1.54) is 12.1 Å². The van der Waals surface area contributed by atoms with Crippen LogP contribution in [0.2, 0.25) is 10.0 Å². The molecule has 0 aliphatic rings. The highest BCUT2D eigenvalue weighted by Gasteiger charge is 2.19. The number of aryl methyl sites for hydroxylation is 1. The lowest BCUT2D eigenvalue weighted by atomic mass is 10.1. The molecule has 0 unspecified atom stereocenters. The van der Waals surface area contributed by atoms with Crippen LogP contribution in [-0.2, 0) is 10.0 Å². The third kappa shape index (κ3) is 4.47. The molecule has 0 heterocycles. The number of benzene rings is 3. The third-order valence-electron chi connectivity index (χ3n) is 4.00. The molecule has 0 bridgehead atoms. The van der Waals surface area contributed by atoms with Gasteiger partial charge in [-0.3, -0.25) is 9.52 Å². The van der Waals surface area contributed by atoms with E-state index in [4.69, 9.17) is 23.2 Å². The van der Waals surface area contributed by atoms with Gasteiger partial charge in [0.1, 0.15) is 0 Å². The van der Waals surface area contributed by atoms with E-state index in [9.17, 15) is 13.2 Å². The van der Waals surface area contributed by atoms with Crippen molar-refractivity contribution >= 4 is 50.5 Å². The number of sulfonamides is 1. The van der Waals surface area contributed by atoms with E-state index in [1.807, 2.05) is 0 Å². The number of nitrogens with one attached hydrogen (secondary N) is 2. The fourth-order valence-corrected chi connectivity index (χ4v) is 4.04. The maximum absolute atomic E-state index is 12.7. The molecular formula is C20H16Cl2N2O3S. The summed E-state index contributed by atoms with van der Waals surface area (Å²) in [5.41, 5.74) is 1.55. The van der Waals surface area contributed by atoms with Crippen molar-refractivity contribution in [1.82, 2.24) is 0 Å². The Morgan fingerprint density at radius 1 is 0.857 bits per heavy atom. The summed E-state index contributed by atoms with van der Waals surface area (Å²) in [5, 5.41) is 3.36. The van der Waals surface area contributed by atoms with Crippen LogP contribution in [0, 0.1) is 6.92 Å². The first-order chi connectivity index (χ1) is 13.3. The molecule has 0 aliphatic heterocycles. The van der Waals surface area contributed by atoms with E-state index in [2.05, 4.69) is 10.0 Å². The monoisotopic (exact) mass is 434 g/mol. The molecule has 2 N–H and O–H groups in total. The van der Waals surface area contributed by atoms with Gasteiger partial charge in [-0.2, -0.15) is 0 Å². The Balaban J connectivity index is 1.91. The number of carbonyl (C=O) groups excluding carboxylic acids is 1. The minimum Gasteiger partial charge on any atom is -0.321 e. The van der Waals surface area contributed by atoms with E-state index < -0.39 is 15.9 Å². The second kappa shape index (κ2) is 8.22. The van der Waals surface area contributed by atoms with Crippen molar-refractivity contribution in [3.63, 3.8) is 0 Å². The van der Waals surface area contributed by atoms with Crippen LogP contribution < -0.4 is 10.0 Å². The highest BCUT2D eigenvalue weighted by atomic mass is 35.5. The van der Waals surface area contributed by atoms with Gasteiger partial charge in [0, 0.05) is 5.56 Å². The molecule has 0 saturated carbocycles. The number of halogens is 2. The molecular weight excluding hydrogens is 419 g/mol. The van der Waals surface area contributed by atoms with Crippen LogP contribution in [0.4, 0.5) is 11.4 Å². The summed E-state index contributed by atoms with van der Waals surface area (Å²) < 4.78 is 27.9. The molecule has 0 atom stereocenters. The fourth-order valence-electron chi connectivity index (χ4n) is 2.51. The van der Waals surface area contributed by atoms with Gasteiger partial charge in [0.2, 0.25) is 0 Å². The molecule has 3 rings (SSSR count). The first-order valence-electron chi connectivity index (χ1n) is 8.22. The number of hydrogen-bond donors (Lipinski definition) is 2. The maximum Gasteiger partial charge on any atom is 0.261 e. The number of hydrogen-bond acceptors (Lipinski definition) is 3. The topological polar surface area (TPSA) is 75.3 Å².